The number of hydrogen-bond acceptors (Lipinski definition) is 3. The van der Waals surface area contributed by atoms with Gasteiger partial charge in [0, 0.05) is 28.0 Å². The van der Waals surface area contributed by atoms with E-state index >= 15 is 0 Å². The van der Waals surface area contributed by atoms with E-state index < -0.39 is 6.04 Å². The first-order chi connectivity index (χ1) is 16.4. The van der Waals surface area contributed by atoms with E-state index in [4.69, 9.17) is 27.9 Å². The van der Waals surface area contributed by atoms with Gasteiger partial charge in [-0.1, -0.05) is 78.5 Å². The maximum absolute atomic E-state index is 13.4. The topological polar surface area (TPSA) is 58.6 Å². The normalized spacial score (nSPS) is 14.7. The van der Waals surface area contributed by atoms with Gasteiger partial charge in [0.1, 0.15) is 11.8 Å². The molecule has 1 aliphatic rings. The molecule has 3 aromatic carbocycles. The van der Waals surface area contributed by atoms with Gasteiger partial charge in [0.2, 0.25) is 5.91 Å². The van der Waals surface area contributed by atoms with E-state index in [2.05, 4.69) is 5.32 Å². The zero-order valence-corrected chi connectivity index (χ0v) is 20.6. The van der Waals surface area contributed by atoms with Crippen LogP contribution in [0.2, 0.25) is 10.0 Å². The monoisotopic (exact) mass is 498 g/mol. The summed E-state index contributed by atoms with van der Waals surface area (Å²) < 4.78 is 5.94. The van der Waals surface area contributed by atoms with E-state index in [0.29, 0.717) is 21.4 Å². The third-order valence-electron chi connectivity index (χ3n) is 6.33. The minimum absolute atomic E-state index is 0.165. The van der Waals surface area contributed by atoms with E-state index in [1.165, 1.54) is 4.90 Å². The maximum Gasteiger partial charge on any atom is 0.261 e. The predicted molar refractivity (Wildman–Crippen MR) is 136 cm³/mol. The molecule has 0 unspecified atom stereocenters. The molecule has 1 aliphatic carbocycles. The van der Waals surface area contributed by atoms with Crippen molar-refractivity contribution < 1.29 is 14.3 Å². The Bertz CT molecular complexity index is 1170. The Labute approximate surface area is 210 Å². The van der Waals surface area contributed by atoms with Crippen LogP contribution in [0.25, 0.3) is 10.8 Å². The van der Waals surface area contributed by atoms with Crippen molar-refractivity contribution in [2.45, 2.75) is 51.2 Å². The fourth-order valence-corrected chi connectivity index (χ4v) is 4.82. The van der Waals surface area contributed by atoms with Gasteiger partial charge in [-0.2, -0.15) is 0 Å². The van der Waals surface area contributed by atoms with Crippen molar-refractivity contribution in [2.24, 2.45) is 0 Å². The first-order valence-electron chi connectivity index (χ1n) is 11.6. The molecule has 1 fully saturated rings. The number of amides is 2. The molecule has 1 N–H and O–H groups in total. The van der Waals surface area contributed by atoms with Crippen LogP contribution in [0, 0.1) is 0 Å². The third-order valence-corrected chi connectivity index (χ3v) is 6.91. The van der Waals surface area contributed by atoms with Crippen LogP contribution < -0.4 is 10.1 Å². The van der Waals surface area contributed by atoms with Crippen LogP contribution in [0.1, 0.15) is 38.2 Å². The summed E-state index contributed by atoms with van der Waals surface area (Å²) >= 11 is 12.4. The quantitative estimate of drug-likeness (QED) is 0.414. The number of ether oxygens (including phenoxy) is 1. The van der Waals surface area contributed by atoms with Crippen LogP contribution in [-0.2, 0) is 16.1 Å². The molecule has 0 aliphatic heterocycles. The molecule has 0 bridgehead atoms. The lowest BCUT2D eigenvalue weighted by Gasteiger charge is -2.30. The summed E-state index contributed by atoms with van der Waals surface area (Å²) in [5.74, 6) is 0.155. The van der Waals surface area contributed by atoms with Crippen molar-refractivity contribution in [1.82, 2.24) is 10.2 Å². The summed E-state index contributed by atoms with van der Waals surface area (Å²) in [6.07, 6.45) is 4.17. The Morgan fingerprint density at radius 1 is 1.06 bits per heavy atom. The molecule has 0 spiro atoms. The van der Waals surface area contributed by atoms with E-state index in [-0.39, 0.29) is 31.0 Å². The van der Waals surface area contributed by atoms with Crippen LogP contribution in [0.4, 0.5) is 0 Å². The molecule has 1 saturated carbocycles. The van der Waals surface area contributed by atoms with Crippen molar-refractivity contribution >= 4 is 45.8 Å². The second-order valence-electron chi connectivity index (χ2n) is 8.69. The number of benzene rings is 3. The molecular weight excluding hydrogens is 471 g/mol. The second-order valence-corrected chi connectivity index (χ2v) is 9.53. The van der Waals surface area contributed by atoms with Gasteiger partial charge in [-0.3, -0.25) is 9.59 Å². The van der Waals surface area contributed by atoms with E-state index in [0.717, 1.165) is 36.5 Å². The van der Waals surface area contributed by atoms with Crippen molar-refractivity contribution in [3.8, 4) is 5.75 Å². The van der Waals surface area contributed by atoms with Gasteiger partial charge in [0.25, 0.3) is 5.91 Å². The molecule has 2 amide bonds. The van der Waals surface area contributed by atoms with E-state index in [9.17, 15) is 9.59 Å². The zero-order valence-electron chi connectivity index (χ0n) is 19.1. The molecular formula is C27H28Cl2N2O3. The fourth-order valence-electron chi connectivity index (χ4n) is 4.35. The molecule has 0 saturated heterocycles. The highest BCUT2D eigenvalue weighted by Crippen LogP contribution is 2.26. The third kappa shape index (κ3) is 5.83. The van der Waals surface area contributed by atoms with Gasteiger partial charge in [-0.25, -0.2) is 0 Å². The minimum atomic E-state index is -0.684. The second kappa shape index (κ2) is 11.1. The van der Waals surface area contributed by atoms with Crippen molar-refractivity contribution in [3.63, 3.8) is 0 Å². The number of nitrogens with zero attached hydrogens (tertiary/aromatic N) is 1. The smallest absolute Gasteiger partial charge is 0.261 e. The van der Waals surface area contributed by atoms with Crippen molar-refractivity contribution in [3.05, 3.63) is 76.3 Å². The SMILES string of the molecule is C[C@H](C(=O)NC1CCCC1)N(Cc1ccc(Cl)cc1Cl)C(=O)COc1cccc2ccccc12. The van der Waals surface area contributed by atoms with Crippen LogP contribution in [0.5, 0.6) is 5.75 Å². The van der Waals surface area contributed by atoms with Gasteiger partial charge in [-0.15, -0.1) is 0 Å². The lowest BCUT2D eigenvalue weighted by Crippen LogP contribution is -2.50. The molecule has 0 radical (unpaired) electrons. The van der Waals surface area contributed by atoms with Gasteiger partial charge < -0.3 is 15.0 Å². The average Bonchev–Trinajstić information content (AvgIpc) is 3.34. The number of halogens is 2. The largest absolute Gasteiger partial charge is 0.483 e. The summed E-state index contributed by atoms with van der Waals surface area (Å²) in [5, 5.41) is 6.01. The molecule has 178 valence electrons. The van der Waals surface area contributed by atoms with Gasteiger partial charge in [0.05, 0.1) is 0 Å². The van der Waals surface area contributed by atoms with Gasteiger partial charge in [-0.05, 0) is 48.9 Å². The Morgan fingerprint density at radius 3 is 2.56 bits per heavy atom. The molecule has 1 atom stereocenters. The molecule has 7 heteroatoms. The lowest BCUT2D eigenvalue weighted by atomic mass is 10.1. The first-order valence-corrected chi connectivity index (χ1v) is 12.3. The minimum Gasteiger partial charge on any atom is -0.483 e. The molecule has 3 aromatic rings. The number of hydrogen-bond donors (Lipinski definition) is 1. The van der Waals surface area contributed by atoms with Crippen LogP contribution in [-0.4, -0.2) is 35.4 Å². The highest BCUT2D eigenvalue weighted by Gasteiger charge is 2.29. The molecule has 5 nitrogen and oxygen atoms in total. The highest BCUT2D eigenvalue weighted by molar-refractivity contribution is 6.35. The zero-order chi connectivity index (χ0) is 24.1. The Balaban J connectivity index is 1.52. The molecule has 4 rings (SSSR count). The number of rotatable bonds is 8. The predicted octanol–water partition coefficient (Wildman–Crippen LogP) is 6.00. The van der Waals surface area contributed by atoms with Crippen molar-refractivity contribution in [1.29, 1.82) is 0 Å². The number of carbonyl (C=O) groups excluding carboxylic acids is 2. The van der Waals surface area contributed by atoms with Gasteiger partial charge in [0.15, 0.2) is 6.61 Å². The summed E-state index contributed by atoms with van der Waals surface area (Å²) in [5.41, 5.74) is 0.713. The summed E-state index contributed by atoms with van der Waals surface area (Å²) in [4.78, 5) is 27.9. The number of nitrogens with one attached hydrogen (secondary N) is 1. The lowest BCUT2D eigenvalue weighted by molar-refractivity contribution is -0.142. The van der Waals surface area contributed by atoms with Crippen LogP contribution in [0.3, 0.4) is 0 Å². The maximum atomic E-state index is 13.4. The van der Waals surface area contributed by atoms with Crippen molar-refractivity contribution in [2.75, 3.05) is 6.61 Å². The van der Waals surface area contributed by atoms with Crippen LogP contribution in [0.15, 0.2) is 60.7 Å². The molecule has 0 heterocycles. The standard InChI is InChI=1S/C27H28Cl2N2O3/c1-18(27(33)30-22-9-3-4-10-22)31(16-20-13-14-21(28)15-24(20)29)26(32)17-34-25-12-6-8-19-7-2-5-11-23(19)25/h2,5-8,11-15,18,22H,3-4,9-10,16-17H2,1H3,(H,30,33)/t18-/m1/s1. The first kappa shape index (κ1) is 24.4. The fraction of sp³-hybridized carbons (Fsp3) is 0.333. The summed E-state index contributed by atoms with van der Waals surface area (Å²) in [7, 11) is 0. The summed E-state index contributed by atoms with van der Waals surface area (Å²) in [6.45, 7) is 1.72. The number of carbonyl (C=O) groups is 2. The highest BCUT2D eigenvalue weighted by atomic mass is 35.5. The molecule has 0 aromatic heterocycles. The summed E-state index contributed by atoms with van der Waals surface area (Å²) in [6, 6.07) is 18.2. The Kier molecular flexibility index (Phi) is 7.96. The molecule has 34 heavy (non-hydrogen) atoms. The Morgan fingerprint density at radius 2 is 1.79 bits per heavy atom. The van der Waals surface area contributed by atoms with Crippen LogP contribution >= 0.6 is 23.2 Å². The van der Waals surface area contributed by atoms with E-state index in [1.54, 1.807) is 25.1 Å². The van der Waals surface area contributed by atoms with Gasteiger partial charge >= 0.3 is 0 Å². The Hall–Kier alpha value is -2.76. The number of fused-ring (bicyclic) bond motifs is 1. The van der Waals surface area contributed by atoms with E-state index in [1.807, 2.05) is 42.5 Å². The average molecular weight is 499 g/mol.